The van der Waals surface area contributed by atoms with E-state index in [1.165, 1.54) is 0 Å². The van der Waals surface area contributed by atoms with Gasteiger partial charge in [0.2, 0.25) is 0 Å². The van der Waals surface area contributed by atoms with Crippen molar-refractivity contribution in [3.05, 3.63) is 52.0 Å². The van der Waals surface area contributed by atoms with Gasteiger partial charge < -0.3 is 9.88 Å². The van der Waals surface area contributed by atoms with Gasteiger partial charge in [-0.05, 0) is 24.6 Å². The zero-order chi connectivity index (χ0) is 14.5. The third-order valence-corrected chi connectivity index (χ3v) is 4.22. The Bertz CT molecular complexity index is 566. The van der Waals surface area contributed by atoms with Gasteiger partial charge in [0.15, 0.2) is 0 Å². The number of hydrogen-bond donors (Lipinski definition) is 1. The molecule has 1 heterocycles. The molecule has 0 saturated carbocycles. The SMILES string of the molecule is CCNC(CCc1nccn1C)c1cccc(Cl)c1Cl. The van der Waals surface area contributed by atoms with Gasteiger partial charge in [-0.2, -0.15) is 0 Å². The molecule has 0 radical (unpaired) electrons. The minimum absolute atomic E-state index is 0.183. The van der Waals surface area contributed by atoms with Crippen LogP contribution in [0.2, 0.25) is 10.0 Å². The van der Waals surface area contributed by atoms with E-state index >= 15 is 0 Å². The molecular formula is C15H19Cl2N3. The first-order chi connectivity index (χ1) is 9.63. The molecule has 1 N–H and O–H groups in total. The molecule has 2 rings (SSSR count). The van der Waals surface area contributed by atoms with Crippen LogP contribution in [0.15, 0.2) is 30.6 Å². The minimum Gasteiger partial charge on any atom is -0.338 e. The molecule has 0 aliphatic rings. The Morgan fingerprint density at radius 2 is 2.15 bits per heavy atom. The van der Waals surface area contributed by atoms with E-state index in [1.807, 2.05) is 42.2 Å². The zero-order valence-electron chi connectivity index (χ0n) is 11.7. The van der Waals surface area contributed by atoms with Gasteiger partial charge in [0.1, 0.15) is 5.82 Å². The van der Waals surface area contributed by atoms with E-state index in [9.17, 15) is 0 Å². The van der Waals surface area contributed by atoms with Crippen LogP contribution in [0.1, 0.15) is 30.8 Å². The highest BCUT2D eigenvalue weighted by Crippen LogP contribution is 2.31. The molecule has 0 aliphatic carbocycles. The number of hydrogen-bond acceptors (Lipinski definition) is 2. The lowest BCUT2D eigenvalue weighted by molar-refractivity contribution is 0.506. The second-order valence-corrected chi connectivity index (χ2v) is 5.53. The van der Waals surface area contributed by atoms with Gasteiger partial charge in [0, 0.05) is 31.9 Å². The summed E-state index contributed by atoms with van der Waals surface area (Å²) in [6, 6.07) is 5.96. The van der Waals surface area contributed by atoms with Crippen molar-refractivity contribution in [1.29, 1.82) is 0 Å². The Hall–Kier alpha value is -1.03. The largest absolute Gasteiger partial charge is 0.338 e. The second kappa shape index (κ2) is 7.11. The van der Waals surface area contributed by atoms with Crippen LogP contribution in [0.3, 0.4) is 0 Å². The molecule has 0 aliphatic heterocycles. The quantitative estimate of drug-likeness (QED) is 0.873. The molecule has 3 nitrogen and oxygen atoms in total. The molecule has 0 amide bonds. The molecule has 108 valence electrons. The fourth-order valence-electron chi connectivity index (χ4n) is 2.31. The van der Waals surface area contributed by atoms with Crippen molar-refractivity contribution >= 4 is 23.2 Å². The highest BCUT2D eigenvalue weighted by atomic mass is 35.5. The summed E-state index contributed by atoms with van der Waals surface area (Å²) in [6.07, 6.45) is 5.61. The first-order valence-electron chi connectivity index (χ1n) is 6.77. The van der Waals surface area contributed by atoms with E-state index in [0.29, 0.717) is 10.0 Å². The van der Waals surface area contributed by atoms with Crippen LogP contribution >= 0.6 is 23.2 Å². The number of nitrogens with one attached hydrogen (secondary N) is 1. The van der Waals surface area contributed by atoms with Crippen molar-refractivity contribution in [3.8, 4) is 0 Å². The molecule has 0 saturated heterocycles. The summed E-state index contributed by atoms with van der Waals surface area (Å²) in [7, 11) is 2.01. The third kappa shape index (κ3) is 3.54. The molecule has 20 heavy (non-hydrogen) atoms. The van der Waals surface area contributed by atoms with Crippen molar-refractivity contribution in [3.63, 3.8) is 0 Å². The van der Waals surface area contributed by atoms with Crippen LogP contribution < -0.4 is 5.32 Å². The van der Waals surface area contributed by atoms with Crippen LogP contribution in [0.5, 0.6) is 0 Å². The van der Waals surface area contributed by atoms with Gasteiger partial charge in [0.05, 0.1) is 10.0 Å². The van der Waals surface area contributed by atoms with Crippen LogP contribution in [0, 0.1) is 0 Å². The number of rotatable bonds is 6. The second-order valence-electron chi connectivity index (χ2n) is 4.75. The molecule has 0 bridgehead atoms. The van der Waals surface area contributed by atoms with E-state index in [-0.39, 0.29) is 6.04 Å². The number of imidazole rings is 1. The predicted octanol–water partition coefficient (Wildman–Crippen LogP) is 4.01. The maximum atomic E-state index is 6.32. The Morgan fingerprint density at radius 3 is 2.80 bits per heavy atom. The van der Waals surface area contributed by atoms with Crippen LogP contribution in [0.25, 0.3) is 0 Å². The summed E-state index contributed by atoms with van der Waals surface area (Å²) in [6.45, 7) is 2.97. The highest BCUT2D eigenvalue weighted by Gasteiger charge is 2.16. The van der Waals surface area contributed by atoms with Gasteiger partial charge in [0.25, 0.3) is 0 Å². The van der Waals surface area contributed by atoms with Crippen molar-refractivity contribution in [1.82, 2.24) is 14.9 Å². The minimum atomic E-state index is 0.183. The Morgan fingerprint density at radius 1 is 1.35 bits per heavy atom. The molecular weight excluding hydrogens is 293 g/mol. The summed E-state index contributed by atoms with van der Waals surface area (Å²) in [5.41, 5.74) is 1.05. The summed E-state index contributed by atoms with van der Waals surface area (Å²) < 4.78 is 2.04. The van der Waals surface area contributed by atoms with Gasteiger partial charge in [-0.3, -0.25) is 0 Å². The van der Waals surface area contributed by atoms with Crippen LogP contribution in [-0.4, -0.2) is 16.1 Å². The number of aromatic nitrogens is 2. The van der Waals surface area contributed by atoms with Crippen LogP contribution in [-0.2, 0) is 13.5 Å². The highest BCUT2D eigenvalue weighted by molar-refractivity contribution is 6.42. The lowest BCUT2D eigenvalue weighted by atomic mass is 10.0. The lowest BCUT2D eigenvalue weighted by Gasteiger charge is -2.20. The maximum absolute atomic E-state index is 6.32. The number of halogens is 2. The average molecular weight is 312 g/mol. The zero-order valence-corrected chi connectivity index (χ0v) is 13.2. The molecule has 0 fully saturated rings. The van der Waals surface area contributed by atoms with Gasteiger partial charge in [-0.15, -0.1) is 0 Å². The molecule has 1 atom stereocenters. The average Bonchev–Trinajstić information content (AvgIpc) is 2.84. The Labute approximate surface area is 129 Å². The standard InChI is InChI=1S/C15H19Cl2N3/c1-3-18-13(7-8-14-19-9-10-20(14)2)11-5-4-6-12(16)15(11)17/h4-6,9-10,13,18H,3,7-8H2,1-2H3. The molecule has 1 aromatic heterocycles. The predicted molar refractivity (Wildman–Crippen MR) is 84.4 cm³/mol. The van der Waals surface area contributed by atoms with Gasteiger partial charge >= 0.3 is 0 Å². The monoisotopic (exact) mass is 311 g/mol. The fourth-order valence-corrected chi connectivity index (χ4v) is 2.75. The maximum Gasteiger partial charge on any atom is 0.108 e. The topological polar surface area (TPSA) is 29.9 Å². The van der Waals surface area contributed by atoms with Crippen LogP contribution in [0.4, 0.5) is 0 Å². The molecule has 5 heteroatoms. The lowest BCUT2D eigenvalue weighted by Crippen LogP contribution is -2.22. The summed E-state index contributed by atoms with van der Waals surface area (Å²) >= 11 is 12.4. The smallest absolute Gasteiger partial charge is 0.108 e. The molecule has 0 spiro atoms. The number of aryl methyl sites for hydroxylation is 2. The van der Waals surface area contributed by atoms with E-state index in [2.05, 4.69) is 17.2 Å². The first kappa shape index (κ1) is 15.4. The Balaban J connectivity index is 2.14. The van der Waals surface area contributed by atoms with E-state index in [0.717, 1.165) is 30.8 Å². The van der Waals surface area contributed by atoms with Crippen molar-refractivity contribution in [2.45, 2.75) is 25.8 Å². The normalized spacial score (nSPS) is 12.6. The first-order valence-corrected chi connectivity index (χ1v) is 7.52. The summed E-state index contributed by atoms with van der Waals surface area (Å²) in [5, 5.41) is 4.71. The van der Waals surface area contributed by atoms with E-state index in [4.69, 9.17) is 23.2 Å². The molecule has 1 aromatic carbocycles. The number of benzene rings is 1. The van der Waals surface area contributed by atoms with Gasteiger partial charge in [-0.25, -0.2) is 4.98 Å². The Kier molecular flexibility index (Phi) is 5.46. The van der Waals surface area contributed by atoms with Crippen molar-refractivity contribution < 1.29 is 0 Å². The summed E-state index contributed by atoms with van der Waals surface area (Å²) in [4.78, 5) is 4.36. The van der Waals surface area contributed by atoms with Gasteiger partial charge in [-0.1, -0.05) is 42.3 Å². The molecule has 2 aromatic rings. The summed E-state index contributed by atoms with van der Waals surface area (Å²) in [5.74, 6) is 1.08. The van der Waals surface area contributed by atoms with Crippen molar-refractivity contribution in [2.24, 2.45) is 7.05 Å². The number of nitrogens with zero attached hydrogens (tertiary/aromatic N) is 2. The third-order valence-electron chi connectivity index (χ3n) is 3.38. The molecule has 1 unspecified atom stereocenters. The van der Waals surface area contributed by atoms with Crippen molar-refractivity contribution in [2.75, 3.05) is 6.54 Å². The van der Waals surface area contributed by atoms with E-state index in [1.54, 1.807) is 0 Å². The fraction of sp³-hybridized carbons (Fsp3) is 0.400. The van der Waals surface area contributed by atoms with E-state index < -0.39 is 0 Å².